The molecule has 1 atom stereocenters. The summed E-state index contributed by atoms with van der Waals surface area (Å²) >= 11 is 0. The molecular weight excluding hydrogens is 369 g/mol. The van der Waals surface area contributed by atoms with Crippen molar-refractivity contribution in [1.29, 1.82) is 0 Å². The van der Waals surface area contributed by atoms with Crippen LogP contribution in [-0.2, 0) is 11.3 Å². The zero-order valence-corrected chi connectivity index (χ0v) is 17.1. The summed E-state index contributed by atoms with van der Waals surface area (Å²) in [5.41, 5.74) is 4.68. The van der Waals surface area contributed by atoms with E-state index in [-0.39, 0.29) is 17.8 Å². The number of carbonyl (C=O) groups excluding carboxylic acids is 1. The van der Waals surface area contributed by atoms with E-state index in [1.54, 1.807) is 17.0 Å². The lowest BCUT2D eigenvalue weighted by atomic mass is 10.0. The first-order valence-electron chi connectivity index (χ1n) is 10.1. The van der Waals surface area contributed by atoms with Gasteiger partial charge in [-0.25, -0.2) is 4.39 Å². The van der Waals surface area contributed by atoms with Crippen molar-refractivity contribution in [3.63, 3.8) is 0 Å². The van der Waals surface area contributed by atoms with Gasteiger partial charge in [-0.2, -0.15) is 0 Å². The van der Waals surface area contributed by atoms with Crippen LogP contribution in [0.5, 0.6) is 0 Å². The molecule has 29 heavy (non-hydrogen) atoms. The highest BCUT2D eigenvalue weighted by atomic mass is 19.1. The van der Waals surface area contributed by atoms with E-state index in [9.17, 15) is 9.18 Å². The molecule has 152 valence electrons. The molecule has 0 saturated carbocycles. The van der Waals surface area contributed by atoms with Crippen LogP contribution in [0.25, 0.3) is 11.0 Å². The SMILES string of the molecule is Cc1ccc2c(C)c(C(=O)N(Cc3ccc(F)cc3)CC3CCCO3)oc2c1C. The fraction of sp³-hybridized carbons (Fsp3) is 0.375. The highest BCUT2D eigenvalue weighted by Crippen LogP contribution is 2.31. The van der Waals surface area contributed by atoms with Crippen molar-refractivity contribution in [2.45, 2.75) is 46.3 Å². The minimum Gasteiger partial charge on any atom is -0.450 e. The quantitative estimate of drug-likeness (QED) is 0.587. The largest absolute Gasteiger partial charge is 0.450 e. The minimum absolute atomic E-state index is 0.0214. The number of fused-ring (bicyclic) bond motifs is 1. The molecule has 1 aromatic heterocycles. The Balaban J connectivity index is 1.68. The molecule has 1 unspecified atom stereocenters. The summed E-state index contributed by atoms with van der Waals surface area (Å²) in [5, 5.41) is 0.968. The molecule has 5 heteroatoms. The van der Waals surface area contributed by atoms with Gasteiger partial charge < -0.3 is 14.1 Å². The predicted molar refractivity (Wildman–Crippen MR) is 111 cm³/mol. The van der Waals surface area contributed by atoms with Gasteiger partial charge in [-0.05, 0) is 62.4 Å². The normalized spacial score (nSPS) is 16.5. The Kier molecular flexibility index (Phi) is 5.41. The summed E-state index contributed by atoms with van der Waals surface area (Å²) in [5.74, 6) is -0.0749. The number of aryl methyl sites for hydroxylation is 3. The lowest BCUT2D eigenvalue weighted by Crippen LogP contribution is -2.37. The van der Waals surface area contributed by atoms with Crippen LogP contribution in [0.3, 0.4) is 0 Å². The molecule has 4 rings (SSSR count). The second-order valence-corrected chi connectivity index (χ2v) is 7.89. The molecule has 4 nitrogen and oxygen atoms in total. The van der Waals surface area contributed by atoms with Crippen LogP contribution in [0, 0.1) is 26.6 Å². The van der Waals surface area contributed by atoms with Crippen LogP contribution >= 0.6 is 0 Å². The van der Waals surface area contributed by atoms with Gasteiger partial charge in [0.1, 0.15) is 11.4 Å². The van der Waals surface area contributed by atoms with Gasteiger partial charge in [0.25, 0.3) is 5.91 Å². The van der Waals surface area contributed by atoms with Gasteiger partial charge >= 0.3 is 0 Å². The van der Waals surface area contributed by atoms with E-state index in [0.717, 1.165) is 52.7 Å². The Morgan fingerprint density at radius 2 is 1.86 bits per heavy atom. The molecule has 1 aliphatic rings. The number of ether oxygens (including phenoxy) is 1. The second-order valence-electron chi connectivity index (χ2n) is 7.89. The Morgan fingerprint density at radius 1 is 1.10 bits per heavy atom. The Hall–Kier alpha value is -2.66. The van der Waals surface area contributed by atoms with Crippen molar-refractivity contribution in [1.82, 2.24) is 4.90 Å². The highest BCUT2D eigenvalue weighted by Gasteiger charge is 2.28. The van der Waals surface area contributed by atoms with E-state index in [2.05, 4.69) is 6.07 Å². The molecule has 1 amide bonds. The third-order valence-electron chi connectivity index (χ3n) is 5.84. The van der Waals surface area contributed by atoms with Crippen LogP contribution in [0.2, 0.25) is 0 Å². The predicted octanol–water partition coefficient (Wildman–Crippen LogP) is 5.32. The maximum atomic E-state index is 13.5. The van der Waals surface area contributed by atoms with E-state index in [4.69, 9.17) is 9.15 Å². The molecule has 0 N–H and O–H groups in total. The number of hydrogen-bond donors (Lipinski definition) is 0. The summed E-state index contributed by atoms with van der Waals surface area (Å²) in [6, 6.07) is 10.3. The van der Waals surface area contributed by atoms with Crippen molar-refractivity contribution in [3.05, 3.63) is 70.2 Å². The van der Waals surface area contributed by atoms with Gasteiger partial charge in [-0.1, -0.05) is 24.3 Å². The first-order chi connectivity index (χ1) is 13.9. The molecule has 1 fully saturated rings. The molecule has 0 aliphatic carbocycles. The van der Waals surface area contributed by atoms with E-state index >= 15 is 0 Å². The van der Waals surface area contributed by atoms with Crippen LogP contribution in [0.4, 0.5) is 4.39 Å². The van der Waals surface area contributed by atoms with Gasteiger partial charge in [0.2, 0.25) is 0 Å². The number of hydrogen-bond acceptors (Lipinski definition) is 3. The van der Waals surface area contributed by atoms with E-state index in [1.807, 2.05) is 26.8 Å². The molecule has 1 aliphatic heterocycles. The third kappa shape index (κ3) is 3.92. The second kappa shape index (κ2) is 7.99. The summed E-state index contributed by atoms with van der Waals surface area (Å²) in [6.45, 7) is 7.57. The summed E-state index contributed by atoms with van der Waals surface area (Å²) in [6.07, 6.45) is 1.96. The Morgan fingerprint density at radius 3 is 2.55 bits per heavy atom. The number of amides is 1. The van der Waals surface area contributed by atoms with Crippen molar-refractivity contribution in [3.8, 4) is 0 Å². The zero-order valence-electron chi connectivity index (χ0n) is 17.1. The maximum Gasteiger partial charge on any atom is 0.290 e. The lowest BCUT2D eigenvalue weighted by molar-refractivity contribution is 0.0485. The topological polar surface area (TPSA) is 42.7 Å². The third-order valence-corrected chi connectivity index (χ3v) is 5.84. The van der Waals surface area contributed by atoms with Crippen molar-refractivity contribution in [2.24, 2.45) is 0 Å². The maximum absolute atomic E-state index is 13.5. The van der Waals surface area contributed by atoms with Gasteiger partial charge in [0.15, 0.2) is 5.76 Å². The minimum atomic E-state index is -0.287. The van der Waals surface area contributed by atoms with Gasteiger partial charge in [0, 0.05) is 30.6 Å². The summed E-state index contributed by atoms with van der Waals surface area (Å²) in [4.78, 5) is 15.3. The first kappa shape index (κ1) is 19.6. The van der Waals surface area contributed by atoms with E-state index in [1.165, 1.54) is 12.1 Å². The van der Waals surface area contributed by atoms with Crippen LogP contribution in [0.1, 0.15) is 45.7 Å². The van der Waals surface area contributed by atoms with Gasteiger partial charge in [-0.15, -0.1) is 0 Å². The molecule has 1 saturated heterocycles. The van der Waals surface area contributed by atoms with E-state index in [0.29, 0.717) is 18.8 Å². The number of carbonyl (C=O) groups is 1. The monoisotopic (exact) mass is 395 g/mol. The average molecular weight is 395 g/mol. The van der Waals surface area contributed by atoms with E-state index < -0.39 is 0 Å². The smallest absolute Gasteiger partial charge is 0.290 e. The fourth-order valence-corrected chi connectivity index (χ4v) is 3.93. The Bertz CT molecular complexity index is 1030. The first-order valence-corrected chi connectivity index (χ1v) is 10.1. The average Bonchev–Trinajstić information content (AvgIpc) is 3.34. The molecular formula is C24H26FNO3. The fourth-order valence-electron chi connectivity index (χ4n) is 3.93. The van der Waals surface area contributed by atoms with Crippen LogP contribution in [-0.4, -0.2) is 30.1 Å². The van der Waals surface area contributed by atoms with Crippen molar-refractivity contribution < 1.29 is 18.3 Å². The number of halogens is 1. The van der Waals surface area contributed by atoms with Crippen LogP contribution in [0.15, 0.2) is 40.8 Å². The zero-order chi connectivity index (χ0) is 20.5. The van der Waals surface area contributed by atoms with Gasteiger partial charge in [-0.3, -0.25) is 4.79 Å². The lowest BCUT2D eigenvalue weighted by Gasteiger charge is -2.25. The molecule has 0 spiro atoms. The molecule has 0 bridgehead atoms. The van der Waals surface area contributed by atoms with Gasteiger partial charge in [0.05, 0.1) is 6.10 Å². The number of benzene rings is 2. The van der Waals surface area contributed by atoms with Crippen LogP contribution < -0.4 is 0 Å². The number of rotatable bonds is 5. The number of nitrogens with zero attached hydrogens (tertiary/aromatic N) is 1. The Labute approximate surface area is 170 Å². The van der Waals surface area contributed by atoms with Crippen molar-refractivity contribution >= 4 is 16.9 Å². The summed E-state index contributed by atoms with van der Waals surface area (Å²) in [7, 11) is 0. The summed E-state index contributed by atoms with van der Waals surface area (Å²) < 4.78 is 25.1. The highest BCUT2D eigenvalue weighted by molar-refractivity contribution is 5.99. The standard InChI is InChI=1S/C24H26FNO3/c1-15-6-11-21-17(3)23(29-22(21)16(15)2)24(27)26(14-20-5-4-12-28-20)13-18-7-9-19(25)10-8-18/h6-11,20H,4-5,12-14H2,1-3H3. The molecule has 3 aromatic rings. The van der Waals surface area contributed by atoms with Crippen molar-refractivity contribution in [2.75, 3.05) is 13.2 Å². The molecule has 2 aromatic carbocycles. The molecule has 2 heterocycles. The number of furan rings is 1. The molecule has 0 radical (unpaired) electrons.